The van der Waals surface area contributed by atoms with Crippen molar-refractivity contribution in [2.75, 3.05) is 14.2 Å². The van der Waals surface area contributed by atoms with E-state index < -0.39 is 5.79 Å². The van der Waals surface area contributed by atoms with Crippen LogP contribution in [0.1, 0.15) is 22.3 Å². The quantitative estimate of drug-likeness (QED) is 0.318. The Hall–Kier alpha value is -2.34. The summed E-state index contributed by atoms with van der Waals surface area (Å²) in [5.41, 5.74) is 4.90. The maximum atomic E-state index is 6.18. The molecule has 0 amide bonds. The Morgan fingerprint density at radius 2 is 1.00 bits per heavy atom. The van der Waals surface area contributed by atoms with E-state index in [1.807, 2.05) is 0 Å². The highest BCUT2D eigenvalue weighted by molar-refractivity contribution is 7.56. The fourth-order valence-corrected chi connectivity index (χ4v) is 7.05. The second-order valence-electron chi connectivity index (χ2n) is 7.85. The minimum absolute atomic E-state index is 0.593. The third-order valence-electron chi connectivity index (χ3n) is 6.10. The molecule has 0 heterocycles. The third-order valence-corrected chi connectivity index (χ3v) is 8.81. The van der Waals surface area contributed by atoms with Gasteiger partial charge in [-0.05, 0) is 38.8 Å². The molecule has 0 bridgehead atoms. The molecule has 2 unspecified atom stereocenters. The molecule has 0 N–H and O–H groups in total. The smallest absolute Gasteiger partial charge is 0.222 e. The number of hydrogen-bond acceptors (Lipinski definition) is 2. The summed E-state index contributed by atoms with van der Waals surface area (Å²) in [6, 6.07) is 34.5. The van der Waals surface area contributed by atoms with Gasteiger partial charge in [-0.25, -0.2) is 0 Å². The first-order valence-electron chi connectivity index (χ1n) is 10.7. The van der Waals surface area contributed by atoms with Crippen LogP contribution < -0.4 is 21.2 Å². The molecule has 0 aliphatic heterocycles. The van der Waals surface area contributed by atoms with E-state index >= 15 is 0 Å². The van der Waals surface area contributed by atoms with Gasteiger partial charge in [-0.15, -0.1) is 0 Å². The maximum Gasteiger partial charge on any atom is 0.222 e. The van der Waals surface area contributed by atoms with E-state index in [4.69, 9.17) is 9.47 Å². The van der Waals surface area contributed by atoms with Gasteiger partial charge >= 0.3 is 0 Å². The van der Waals surface area contributed by atoms with Gasteiger partial charge in [-0.2, -0.15) is 0 Å². The summed E-state index contributed by atoms with van der Waals surface area (Å²) >= 11 is 0. The minimum Gasteiger partial charge on any atom is -0.346 e. The first-order valence-corrected chi connectivity index (χ1v) is 12.7. The summed E-state index contributed by atoms with van der Waals surface area (Å²) in [6.45, 7) is 0. The zero-order valence-corrected chi connectivity index (χ0v) is 20.3. The second kappa shape index (κ2) is 9.26. The number of hydrogen-bond donors (Lipinski definition) is 0. The van der Waals surface area contributed by atoms with E-state index in [-0.39, 0.29) is 0 Å². The molecule has 2 atom stereocenters. The van der Waals surface area contributed by atoms with E-state index in [0.29, 0.717) is 17.2 Å². The molecule has 32 heavy (non-hydrogen) atoms. The molecule has 0 radical (unpaired) electrons. The predicted molar refractivity (Wildman–Crippen MR) is 139 cm³/mol. The summed E-state index contributed by atoms with van der Waals surface area (Å²) in [4.78, 5) is 0. The molecule has 0 spiro atoms. The molecule has 4 aromatic carbocycles. The molecule has 4 heteroatoms. The SMILES string of the molecule is COC1(OC)c2cccc(Pc3ccccc3)c2Cc2c(Pc3ccccc3)cccc21. The van der Waals surface area contributed by atoms with Crippen LogP contribution in [0.2, 0.25) is 0 Å². The van der Waals surface area contributed by atoms with E-state index in [0.717, 1.165) is 17.5 Å². The van der Waals surface area contributed by atoms with Crippen molar-refractivity contribution in [1.29, 1.82) is 0 Å². The summed E-state index contributed by atoms with van der Waals surface area (Å²) in [7, 11) is 4.69. The Labute approximate surface area is 193 Å². The Morgan fingerprint density at radius 3 is 1.41 bits per heavy atom. The van der Waals surface area contributed by atoms with Crippen LogP contribution in [0.4, 0.5) is 0 Å². The maximum absolute atomic E-state index is 6.18. The van der Waals surface area contributed by atoms with Crippen molar-refractivity contribution in [3.63, 3.8) is 0 Å². The monoisotopic (exact) mass is 456 g/mol. The van der Waals surface area contributed by atoms with Crippen molar-refractivity contribution in [2.45, 2.75) is 12.2 Å². The summed E-state index contributed by atoms with van der Waals surface area (Å²) in [5.74, 6) is -0.892. The highest BCUT2D eigenvalue weighted by Gasteiger charge is 2.42. The van der Waals surface area contributed by atoms with Crippen LogP contribution in [0.3, 0.4) is 0 Å². The van der Waals surface area contributed by atoms with Gasteiger partial charge in [0.25, 0.3) is 0 Å². The lowest BCUT2D eigenvalue weighted by Gasteiger charge is -2.39. The number of fused-ring (bicyclic) bond motifs is 2. The number of ether oxygens (including phenoxy) is 2. The van der Waals surface area contributed by atoms with Crippen LogP contribution >= 0.6 is 17.2 Å². The van der Waals surface area contributed by atoms with Gasteiger partial charge in [-0.3, -0.25) is 0 Å². The van der Waals surface area contributed by atoms with E-state index in [2.05, 4.69) is 97.1 Å². The van der Waals surface area contributed by atoms with Gasteiger partial charge in [0.2, 0.25) is 5.79 Å². The van der Waals surface area contributed by atoms with E-state index in [9.17, 15) is 0 Å². The van der Waals surface area contributed by atoms with Gasteiger partial charge in [-0.1, -0.05) is 114 Å². The zero-order chi connectivity index (χ0) is 22.0. The molecule has 1 aliphatic carbocycles. The summed E-state index contributed by atoms with van der Waals surface area (Å²) < 4.78 is 12.4. The molecule has 1 aliphatic rings. The number of rotatable bonds is 6. The van der Waals surface area contributed by atoms with Gasteiger partial charge in [0.1, 0.15) is 0 Å². The van der Waals surface area contributed by atoms with Crippen molar-refractivity contribution >= 4 is 38.4 Å². The standard InChI is InChI=1S/C28H26O2P2/c1-29-28(30-2)24-15-9-17-26(31-20-11-5-3-6-12-20)22(24)19-23-25(28)16-10-18-27(23)32-21-13-7-4-8-14-21/h3-18,31-32H,19H2,1-2H3. The molecule has 0 fully saturated rings. The molecule has 5 rings (SSSR count). The lowest BCUT2D eigenvalue weighted by atomic mass is 9.81. The average Bonchev–Trinajstić information content (AvgIpc) is 2.85. The molecular formula is C28H26O2P2. The Morgan fingerprint density at radius 1 is 0.562 bits per heavy atom. The van der Waals surface area contributed by atoms with Crippen LogP contribution in [0.15, 0.2) is 97.1 Å². The minimum atomic E-state index is -0.892. The Bertz CT molecular complexity index is 1130. The molecule has 0 saturated heterocycles. The lowest BCUT2D eigenvalue weighted by Crippen LogP contribution is -2.40. The summed E-state index contributed by atoms with van der Waals surface area (Å²) in [6.07, 6.45) is 0.894. The van der Waals surface area contributed by atoms with Crippen LogP contribution in [0, 0.1) is 0 Å². The lowest BCUT2D eigenvalue weighted by molar-refractivity contribution is -0.185. The number of benzene rings is 4. The van der Waals surface area contributed by atoms with Crippen molar-refractivity contribution in [3.05, 3.63) is 119 Å². The van der Waals surface area contributed by atoms with Crippen LogP contribution in [-0.2, 0) is 21.7 Å². The summed E-state index contributed by atoms with van der Waals surface area (Å²) in [5, 5.41) is 5.39. The van der Waals surface area contributed by atoms with Crippen molar-refractivity contribution < 1.29 is 9.47 Å². The molecule has 4 aromatic rings. The van der Waals surface area contributed by atoms with Gasteiger partial charge in [0.15, 0.2) is 0 Å². The van der Waals surface area contributed by atoms with Crippen LogP contribution in [-0.4, -0.2) is 14.2 Å². The van der Waals surface area contributed by atoms with Gasteiger partial charge in [0, 0.05) is 25.3 Å². The Balaban J connectivity index is 1.65. The molecule has 0 saturated carbocycles. The Kier molecular flexibility index (Phi) is 6.22. The predicted octanol–water partition coefficient (Wildman–Crippen LogP) is 4.34. The highest BCUT2D eigenvalue weighted by atomic mass is 31.1. The van der Waals surface area contributed by atoms with Crippen molar-refractivity contribution in [3.8, 4) is 0 Å². The molecular weight excluding hydrogens is 430 g/mol. The average molecular weight is 456 g/mol. The fraction of sp³-hybridized carbons (Fsp3) is 0.143. The van der Waals surface area contributed by atoms with E-state index in [1.165, 1.54) is 32.3 Å². The largest absolute Gasteiger partial charge is 0.346 e. The first-order chi connectivity index (χ1) is 15.7. The fourth-order valence-electron chi connectivity index (χ4n) is 4.60. The highest BCUT2D eigenvalue weighted by Crippen LogP contribution is 2.43. The van der Waals surface area contributed by atoms with Gasteiger partial charge < -0.3 is 9.47 Å². The normalized spacial score (nSPS) is 14.7. The first kappa shape index (κ1) is 21.5. The van der Waals surface area contributed by atoms with Crippen molar-refractivity contribution in [2.24, 2.45) is 0 Å². The van der Waals surface area contributed by atoms with Gasteiger partial charge in [0.05, 0.1) is 0 Å². The van der Waals surface area contributed by atoms with Crippen LogP contribution in [0.25, 0.3) is 0 Å². The number of methoxy groups -OCH3 is 2. The molecule has 2 nitrogen and oxygen atoms in total. The van der Waals surface area contributed by atoms with Crippen LogP contribution in [0.5, 0.6) is 0 Å². The molecule has 160 valence electrons. The van der Waals surface area contributed by atoms with E-state index in [1.54, 1.807) is 14.2 Å². The zero-order valence-electron chi connectivity index (χ0n) is 18.3. The topological polar surface area (TPSA) is 18.5 Å². The molecule has 0 aromatic heterocycles. The second-order valence-corrected chi connectivity index (χ2v) is 10.6. The van der Waals surface area contributed by atoms with Crippen molar-refractivity contribution in [1.82, 2.24) is 0 Å². The third kappa shape index (κ3) is 3.83.